The van der Waals surface area contributed by atoms with Gasteiger partial charge in [0.1, 0.15) is 19.0 Å². The maximum absolute atomic E-state index is 6.37. The third-order valence-electron chi connectivity index (χ3n) is 7.93. The molecule has 0 amide bonds. The average molecular weight is 635 g/mol. The standard InChI is InChI=1S/C39H43ClN4O2/c1-4-44(5-2)24-12-13-29(3)41-39-34-21-20-33(40)26-35(34)42-38(43-39)23-19-30-18-22-36(45-27-31-14-8-6-9-15-31)37(25-30)46-28-32-16-10-7-11-17-32/h6-11,14-23,25-26,29H,4-5,12-13,24,27-28H2,1-3H3,(H,41,42,43). The van der Waals surface area contributed by atoms with Crippen LogP contribution in [0, 0.1) is 0 Å². The van der Waals surface area contributed by atoms with Crippen LogP contribution in [-0.2, 0) is 13.2 Å². The number of ether oxygens (including phenoxy) is 2. The van der Waals surface area contributed by atoms with Crippen molar-refractivity contribution >= 4 is 40.5 Å². The van der Waals surface area contributed by atoms with Crippen molar-refractivity contribution in [2.24, 2.45) is 0 Å². The molecule has 46 heavy (non-hydrogen) atoms. The lowest BCUT2D eigenvalue weighted by atomic mass is 10.1. The second-order valence-electron chi connectivity index (χ2n) is 11.4. The van der Waals surface area contributed by atoms with Gasteiger partial charge in [-0.2, -0.15) is 0 Å². The lowest BCUT2D eigenvalue weighted by Crippen LogP contribution is -2.25. The molecule has 1 unspecified atom stereocenters. The summed E-state index contributed by atoms with van der Waals surface area (Å²) < 4.78 is 12.5. The Morgan fingerprint density at radius 2 is 1.46 bits per heavy atom. The highest BCUT2D eigenvalue weighted by Crippen LogP contribution is 2.31. The number of nitrogens with one attached hydrogen (secondary N) is 1. The lowest BCUT2D eigenvalue weighted by molar-refractivity contribution is 0.256. The molecule has 0 aliphatic rings. The molecule has 1 aromatic heterocycles. The first-order valence-corrected chi connectivity index (χ1v) is 16.5. The fourth-order valence-corrected chi connectivity index (χ4v) is 5.44. The smallest absolute Gasteiger partial charge is 0.162 e. The molecule has 0 radical (unpaired) electrons. The van der Waals surface area contributed by atoms with Gasteiger partial charge < -0.3 is 19.7 Å². The number of fused-ring (bicyclic) bond motifs is 1. The van der Waals surface area contributed by atoms with Gasteiger partial charge >= 0.3 is 0 Å². The summed E-state index contributed by atoms with van der Waals surface area (Å²) in [5, 5.41) is 5.24. The molecule has 1 N–H and O–H groups in total. The minimum absolute atomic E-state index is 0.258. The van der Waals surface area contributed by atoms with E-state index in [4.69, 9.17) is 31.0 Å². The molecule has 4 aromatic carbocycles. The van der Waals surface area contributed by atoms with Gasteiger partial charge in [0.05, 0.1) is 5.52 Å². The third kappa shape index (κ3) is 9.56. The Labute approximate surface area is 278 Å². The molecule has 0 saturated heterocycles. The summed E-state index contributed by atoms with van der Waals surface area (Å²) >= 11 is 6.37. The maximum atomic E-state index is 6.37. The topological polar surface area (TPSA) is 59.5 Å². The Balaban J connectivity index is 1.36. The largest absolute Gasteiger partial charge is 0.485 e. The van der Waals surface area contributed by atoms with E-state index >= 15 is 0 Å². The summed E-state index contributed by atoms with van der Waals surface area (Å²) in [6.45, 7) is 10.8. The second-order valence-corrected chi connectivity index (χ2v) is 11.8. The first kappa shape index (κ1) is 33.0. The molecule has 5 rings (SSSR count). The van der Waals surface area contributed by atoms with Crippen molar-refractivity contribution in [2.75, 3.05) is 25.0 Å². The van der Waals surface area contributed by atoms with E-state index in [0.717, 1.165) is 65.9 Å². The minimum atomic E-state index is 0.258. The van der Waals surface area contributed by atoms with Crippen molar-refractivity contribution < 1.29 is 9.47 Å². The average Bonchev–Trinajstić information content (AvgIpc) is 3.08. The van der Waals surface area contributed by atoms with Gasteiger partial charge in [-0.1, -0.05) is 98.3 Å². The van der Waals surface area contributed by atoms with Crippen LogP contribution in [0.3, 0.4) is 0 Å². The number of hydrogen-bond donors (Lipinski definition) is 1. The fourth-order valence-electron chi connectivity index (χ4n) is 5.27. The third-order valence-corrected chi connectivity index (χ3v) is 8.17. The van der Waals surface area contributed by atoms with Gasteiger partial charge in [-0.15, -0.1) is 0 Å². The first-order chi connectivity index (χ1) is 22.5. The zero-order chi connectivity index (χ0) is 32.1. The SMILES string of the molecule is CCN(CC)CCCC(C)Nc1nc(C=Cc2ccc(OCc3ccccc3)c(OCc3ccccc3)c2)nc2cc(Cl)ccc12. The number of rotatable bonds is 16. The number of benzene rings is 4. The maximum Gasteiger partial charge on any atom is 0.162 e. The molecule has 0 fully saturated rings. The molecule has 0 aliphatic carbocycles. The van der Waals surface area contributed by atoms with Crippen LogP contribution in [0.1, 0.15) is 56.1 Å². The Morgan fingerprint density at radius 1 is 0.783 bits per heavy atom. The molecule has 7 heteroatoms. The highest BCUT2D eigenvalue weighted by molar-refractivity contribution is 6.31. The first-order valence-electron chi connectivity index (χ1n) is 16.1. The summed E-state index contributed by atoms with van der Waals surface area (Å²) in [5.74, 6) is 2.78. The van der Waals surface area contributed by atoms with Gasteiger partial charge in [0, 0.05) is 16.5 Å². The predicted octanol–water partition coefficient (Wildman–Crippen LogP) is 9.53. The van der Waals surface area contributed by atoms with E-state index in [-0.39, 0.29) is 6.04 Å². The molecular formula is C39H43ClN4O2. The normalized spacial score (nSPS) is 12.1. The van der Waals surface area contributed by atoms with Crippen LogP contribution in [0.25, 0.3) is 23.1 Å². The van der Waals surface area contributed by atoms with Crippen molar-refractivity contribution in [3.8, 4) is 11.5 Å². The summed E-state index contributed by atoms with van der Waals surface area (Å²) in [6, 6.07) is 32.2. The molecular weight excluding hydrogens is 592 g/mol. The molecule has 0 spiro atoms. The van der Waals surface area contributed by atoms with E-state index in [2.05, 4.69) is 55.3 Å². The molecule has 0 bridgehead atoms. The molecule has 238 valence electrons. The molecule has 1 heterocycles. The Morgan fingerprint density at radius 3 is 2.13 bits per heavy atom. The summed E-state index contributed by atoms with van der Waals surface area (Å²) in [6.07, 6.45) is 6.10. The van der Waals surface area contributed by atoms with Crippen molar-refractivity contribution in [3.05, 3.63) is 125 Å². The van der Waals surface area contributed by atoms with Crippen LogP contribution in [-0.4, -0.2) is 40.5 Å². The molecule has 5 aromatic rings. The van der Waals surface area contributed by atoms with Crippen LogP contribution in [0.4, 0.5) is 5.82 Å². The van der Waals surface area contributed by atoms with Gasteiger partial charge in [-0.3, -0.25) is 0 Å². The summed E-state index contributed by atoms with van der Waals surface area (Å²) in [7, 11) is 0. The number of anilines is 1. The fraction of sp³-hybridized carbons (Fsp3) is 0.282. The molecule has 6 nitrogen and oxygen atoms in total. The monoisotopic (exact) mass is 634 g/mol. The predicted molar refractivity (Wildman–Crippen MR) is 192 cm³/mol. The van der Waals surface area contributed by atoms with Gasteiger partial charge in [0.15, 0.2) is 17.3 Å². The van der Waals surface area contributed by atoms with Gasteiger partial charge in [-0.05, 0) is 92.5 Å². The van der Waals surface area contributed by atoms with E-state index in [1.807, 2.05) is 84.9 Å². The van der Waals surface area contributed by atoms with Crippen molar-refractivity contribution in [2.45, 2.75) is 52.9 Å². The zero-order valence-electron chi connectivity index (χ0n) is 27.0. The lowest BCUT2D eigenvalue weighted by Gasteiger charge is -2.20. The van der Waals surface area contributed by atoms with Gasteiger partial charge in [-0.25, -0.2) is 9.97 Å². The highest BCUT2D eigenvalue weighted by Gasteiger charge is 2.12. The molecule has 1 atom stereocenters. The van der Waals surface area contributed by atoms with E-state index in [0.29, 0.717) is 35.6 Å². The van der Waals surface area contributed by atoms with Gasteiger partial charge in [0.25, 0.3) is 0 Å². The van der Waals surface area contributed by atoms with Crippen molar-refractivity contribution in [1.29, 1.82) is 0 Å². The van der Waals surface area contributed by atoms with Crippen LogP contribution in [0.2, 0.25) is 5.02 Å². The minimum Gasteiger partial charge on any atom is -0.485 e. The zero-order valence-corrected chi connectivity index (χ0v) is 27.7. The highest BCUT2D eigenvalue weighted by atomic mass is 35.5. The number of hydrogen-bond acceptors (Lipinski definition) is 6. The van der Waals surface area contributed by atoms with E-state index in [1.54, 1.807) is 0 Å². The molecule has 0 saturated carbocycles. The van der Waals surface area contributed by atoms with E-state index in [1.165, 1.54) is 0 Å². The van der Waals surface area contributed by atoms with Crippen molar-refractivity contribution in [1.82, 2.24) is 14.9 Å². The van der Waals surface area contributed by atoms with E-state index < -0.39 is 0 Å². The quantitative estimate of drug-likeness (QED) is 0.117. The second kappa shape index (κ2) is 16.8. The van der Waals surface area contributed by atoms with Crippen molar-refractivity contribution in [3.63, 3.8) is 0 Å². The Hall–Kier alpha value is -4.39. The van der Waals surface area contributed by atoms with Crippen LogP contribution in [0.15, 0.2) is 97.1 Å². The summed E-state index contributed by atoms with van der Waals surface area (Å²) in [4.78, 5) is 12.2. The van der Waals surface area contributed by atoms with Crippen LogP contribution >= 0.6 is 11.6 Å². The number of nitrogens with zero attached hydrogens (tertiary/aromatic N) is 3. The molecule has 0 aliphatic heterocycles. The summed E-state index contributed by atoms with van der Waals surface area (Å²) in [5.41, 5.74) is 3.93. The Kier molecular flexibility index (Phi) is 12.0. The number of aromatic nitrogens is 2. The van der Waals surface area contributed by atoms with E-state index in [9.17, 15) is 0 Å². The van der Waals surface area contributed by atoms with Gasteiger partial charge in [0.2, 0.25) is 0 Å². The number of halogens is 1. The van der Waals surface area contributed by atoms with Crippen LogP contribution in [0.5, 0.6) is 11.5 Å². The Bertz CT molecular complexity index is 1710. The van der Waals surface area contributed by atoms with Crippen LogP contribution < -0.4 is 14.8 Å².